The van der Waals surface area contributed by atoms with Gasteiger partial charge in [0.05, 0.1) is 20.2 Å². The van der Waals surface area contributed by atoms with Crippen molar-refractivity contribution in [2.45, 2.75) is 46.3 Å². The molecule has 0 saturated heterocycles. The van der Waals surface area contributed by atoms with E-state index in [1.807, 2.05) is 18.2 Å². The summed E-state index contributed by atoms with van der Waals surface area (Å²) < 4.78 is 8.63. The number of aryl methyl sites for hydroxylation is 2. The fourth-order valence-electron chi connectivity index (χ4n) is 4.37. The molecule has 4 rings (SSSR count). The molecule has 0 fully saturated rings. The van der Waals surface area contributed by atoms with Gasteiger partial charge < -0.3 is 4.42 Å². The number of hydrogen-bond acceptors (Lipinski definition) is 1. The zero-order chi connectivity index (χ0) is 21.8. The number of hydrogen-bond donors (Lipinski definition) is 0. The Morgan fingerprint density at radius 2 is 1.73 bits per heavy atom. The second kappa shape index (κ2) is 7.11. The van der Waals surface area contributed by atoms with Crippen LogP contribution < -0.4 is 9.75 Å². The molecule has 2 heterocycles. The first-order valence-corrected chi connectivity index (χ1v) is 14.0. The third kappa shape index (κ3) is 3.14. The number of para-hydroxylation sites is 1. The summed E-state index contributed by atoms with van der Waals surface area (Å²) in [5.41, 5.74) is 6.99. The van der Waals surface area contributed by atoms with E-state index in [1.165, 1.54) is 16.3 Å². The van der Waals surface area contributed by atoms with Crippen LogP contribution in [0.5, 0.6) is 0 Å². The molecular formula is C26H29N2OSi+. The molecule has 152 valence electrons. The standard InChI is InChI=1S/C26H29N2OSi/c1-16(2)20-14-22(28(5)15-23(20)30(6,7)8)24-17(3)12-13-19-18-10-9-11-21(27-4)25(18)29-26(19)24/h9-16H,1-3,5-8H3/q+1. The summed E-state index contributed by atoms with van der Waals surface area (Å²) in [5.74, 6) is 0.454. The Balaban J connectivity index is 2.11. The van der Waals surface area contributed by atoms with Crippen LogP contribution in [-0.4, -0.2) is 8.07 Å². The molecular weight excluding hydrogens is 384 g/mol. The third-order valence-corrected chi connectivity index (χ3v) is 8.00. The van der Waals surface area contributed by atoms with Crippen molar-refractivity contribution in [1.82, 2.24) is 0 Å². The van der Waals surface area contributed by atoms with Crippen LogP contribution in [0.25, 0.3) is 38.0 Å². The number of furan rings is 1. The fraction of sp³-hybridized carbons (Fsp3) is 0.308. The molecule has 0 saturated carbocycles. The second-order valence-corrected chi connectivity index (χ2v) is 14.6. The summed E-state index contributed by atoms with van der Waals surface area (Å²) in [4.78, 5) is 3.67. The van der Waals surface area contributed by atoms with Crippen LogP contribution in [0.15, 0.2) is 47.0 Å². The lowest BCUT2D eigenvalue weighted by Crippen LogP contribution is -2.47. The molecule has 0 aliphatic heterocycles. The molecule has 4 heteroatoms. The lowest BCUT2D eigenvalue weighted by Gasteiger charge is -2.22. The zero-order valence-electron chi connectivity index (χ0n) is 18.9. The minimum absolute atomic E-state index is 0.454. The van der Waals surface area contributed by atoms with Crippen molar-refractivity contribution in [2.24, 2.45) is 7.05 Å². The summed E-state index contributed by atoms with van der Waals surface area (Å²) in [6.45, 7) is 21.4. The van der Waals surface area contributed by atoms with Gasteiger partial charge in [-0.2, -0.15) is 0 Å². The molecule has 0 aliphatic carbocycles. The van der Waals surface area contributed by atoms with Crippen LogP contribution >= 0.6 is 0 Å². The summed E-state index contributed by atoms with van der Waals surface area (Å²) >= 11 is 0. The number of nitrogens with zero attached hydrogens (tertiary/aromatic N) is 2. The minimum Gasteiger partial charge on any atom is -0.466 e. The van der Waals surface area contributed by atoms with E-state index >= 15 is 0 Å². The molecule has 30 heavy (non-hydrogen) atoms. The van der Waals surface area contributed by atoms with Crippen LogP contribution in [-0.2, 0) is 7.05 Å². The minimum atomic E-state index is -1.48. The Labute approximate surface area is 179 Å². The van der Waals surface area contributed by atoms with Gasteiger partial charge in [-0.15, -0.1) is 0 Å². The number of pyridine rings is 1. The Morgan fingerprint density at radius 1 is 1.03 bits per heavy atom. The molecule has 3 nitrogen and oxygen atoms in total. The molecule has 0 spiro atoms. The van der Waals surface area contributed by atoms with Crippen LogP contribution in [0.2, 0.25) is 19.6 Å². The normalized spacial score (nSPS) is 12.1. The van der Waals surface area contributed by atoms with Gasteiger partial charge in [-0.05, 0) is 24.0 Å². The SMILES string of the molecule is [C-]#[N+]c1cccc2c1oc1c(-c3cc(C(C)C)c([Si](C)(C)C)c[n+]3C)c(C)ccc12. The van der Waals surface area contributed by atoms with Gasteiger partial charge in [0.1, 0.15) is 18.2 Å². The average Bonchev–Trinajstić information content (AvgIpc) is 3.05. The second-order valence-electron chi connectivity index (χ2n) is 9.55. The molecule has 0 atom stereocenters. The Morgan fingerprint density at radius 3 is 2.37 bits per heavy atom. The van der Waals surface area contributed by atoms with Crippen molar-refractivity contribution in [3.63, 3.8) is 0 Å². The van der Waals surface area contributed by atoms with E-state index < -0.39 is 8.07 Å². The molecule has 0 unspecified atom stereocenters. The monoisotopic (exact) mass is 413 g/mol. The summed E-state index contributed by atoms with van der Waals surface area (Å²) in [6, 6.07) is 12.5. The maximum Gasteiger partial charge on any atom is 0.229 e. The third-order valence-electron chi connectivity index (χ3n) is 5.97. The Bertz CT molecular complexity index is 1330. The quantitative estimate of drug-likeness (QED) is 0.210. The van der Waals surface area contributed by atoms with Crippen molar-refractivity contribution in [1.29, 1.82) is 0 Å². The maximum absolute atomic E-state index is 7.52. The van der Waals surface area contributed by atoms with Gasteiger partial charge in [-0.25, -0.2) is 9.41 Å². The Kier molecular flexibility index (Phi) is 4.83. The van der Waals surface area contributed by atoms with Crippen molar-refractivity contribution < 1.29 is 8.98 Å². The summed E-state index contributed by atoms with van der Waals surface area (Å²) in [7, 11) is 0.654. The van der Waals surface area contributed by atoms with Crippen LogP contribution in [0.4, 0.5) is 5.69 Å². The predicted octanol–water partition coefficient (Wildman–Crippen LogP) is 6.61. The van der Waals surface area contributed by atoms with E-state index in [0.717, 1.165) is 27.6 Å². The number of aromatic nitrogens is 1. The van der Waals surface area contributed by atoms with Crippen LogP contribution in [0.1, 0.15) is 30.9 Å². The molecule has 0 radical (unpaired) electrons. The largest absolute Gasteiger partial charge is 0.466 e. The number of fused-ring (bicyclic) bond motifs is 3. The summed E-state index contributed by atoms with van der Waals surface area (Å²) in [6.07, 6.45) is 2.34. The molecule has 2 aromatic carbocycles. The van der Waals surface area contributed by atoms with E-state index in [-0.39, 0.29) is 0 Å². The van der Waals surface area contributed by atoms with E-state index in [2.05, 4.69) is 81.3 Å². The fourth-order valence-corrected chi connectivity index (χ4v) is 6.18. The van der Waals surface area contributed by atoms with Crippen molar-refractivity contribution in [3.05, 3.63) is 65.1 Å². The molecule has 0 aliphatic rings. The van der Waals surface area contributed by atoms with Gasteiger partial charge >= 0.3 is 0 Å². The van der Waals surface area contributed by atoms with Gasteiger partial charge in [0.2, 0.25) is 11.4 Å². The number of benzene rings is 2. The molecule has 0 N–H and O–H groups in total. The van der Waals surface area contributed by atoms with Crippen LogP contribution in [0.3, 0.4) is 0 Å². The van der Waals surface area contributed by atoms with Crippen molar-refractivity contribution >= 4 is 40.9 Å². The van der Waals surface area contributed by atoms with E-state index in [4.69, 9.17) is 11.0 Å². The van der Waals surface area contributed by atoms with Crippen molar-refractivity contribution in [3.8, 4) is 11.3 Å². The zero-order valence-corrected chi connectivity index (χ0v) is 19.9. The highest BCUT2D eigenvalue weighted by molar-refractivity contribution is 6.89. The van der Waals surface area contributed by atoms with Gasteiger partial charge in [-0.1, -0.05) is 63.8 Å². The lowest BCUT2D eigenvalue weighted by atomic mass is 9.97. The maximum atomic E-state index is 7.52. The molecule has 2 aromatic heterocycles. The first kappa shape index (κ1) is 20.4. The highest BCUT2D eigenvalue weighted by Crippen LogP contribution is 2.40. The van der Waals surface area contributed by atoms with E-state index in [1.54, 1.807) is 0 Å². The van der Waals surface area contributed by atoms with Gasteiger partial charge in [0, 0.05) is 22.0 Å². The van der Waals surface area contributed by atoms with Crippen molar-refractivity contribution in [2.75, 3.05) is 0 Å². The summed E-state index contributed by atoms with van der Waals surface area (Å²) in [5, 5.41) is 3.58. The molecule has 0 bridgehead atoms. The highest BCUT2D eigenvalue weighted by Gasteiger charge is 2.29. The lowest BCUT2D eigenvalue weighted by molar-refractivity contribution is -0.659. The molecule has 4 aromatic rings. The van der Waals surface area contributed by atoms with Gasteiger partial charge in [0.25, 0.3) is 0 Å². The first-order chi connectivity index (χ1) is 14.1. The van der Waals surface area contributed by atoms with Gasteiger partial charge in [0.15, 0.2) is 6.20 Å². The first-order valence-electron chi connectivity index (χ1n) is 10.5. The Hall–Kier alpha value is -2.90. The smallest absolute Gasteiger partial charge is 0.229 e. The van der Waals surface area contributed by atoms with E-state index in [9.17, 15) is 0 Å². The van der Waals surface area contributed by atoms with E-state index in [0.29, 0.717) is 17.2 Å². The average molecular weight is 414 g/mol. The van der Waals surface area contributed by atoms with Crippen LogP contribution in [0, 0.1) is 13.5 Å². The predicted molar refractivity (Wildman–Crippen MR) is 128 cm³/mol. The highest BCUT2D eigenvalue weighted by atomic mass is 28.3. The molecule has 0 amide bonds. The number of rotatable bonds is 3. The van der Waals surface area contributed by atoms with Gasteiger partial charge in [-0.3, -0.25) is 0 Å². The topological polar surface area (TPSA) is 21.4 Å².